The number of aromatic nitrogens is 4. The molecule has 0 radical (unpaired) electrons. The fraction of sp³-hybridized carbons (Fsp3) is 0.343. The molecule has 2 aromatic heterocycles. The number of aliphatic hydroxyl groups excluding tert-OH is 2. The Morgan fingerprint density at radius 1 is 1.00 bits per heavy atom. The van der Waals surface area contributed by atoms with Crippen molar-refractivity contribution in [1.82, 2.24) is 19.5 Å². The zero-order valence-corrected chi connectivity index (χ0v) is 25.9. The van der Waals surface area contributed by atoms with Gasteiger partial charge in [-0.1, -0.05) is 72.8 Å². The summed E-state index contributed by atoms with van der Waals surface area (Å²) in [5, 5.41) is 24.7. The molecule has 1 unspecified atom stereocenters. The van der Waals surface area contributed by atoms with E-state index in [1.165, 1.54) is 6.33 Å². The van der Waals surface area contributed by atoms with Crippen LogP contribution in [-0.2, 0) is 19.7 Å². The fourth-order valence-electron chi connectivity index (χ4n) is 6.52. The van der Waals surface area contributed by atoms with Crippen LogP contribution in [0.4, 0.5) is 5.95 Å². The van der Waals surface area contributed by atoms with Crippen LogP contribution in [-0.4, -0.2) is 74.7 Å². The van der Waals surface area contributed by atoms with Crippen molar-refractivity contribution >= 4 is 17.1 Å². The molecule has 12 heteroatoms. The molecule has 4 heterocycles. The number of aliphatic hydroxyl groups is 2. The normalized spacial score (nSPS) is 23.2. The molecule has 2 aliphatic heterocycles. The molecule has 4 N–H and O–H groups in total. The molecule has 7 rings (SSSR count). The van der Waals surface area contributed by atoms with Gasteiger partial charge < -0.3 is 34.5 Å². The van der Waals surface area contributed by atoms with Gasteiger partial charge in [-0.15, -0.1) is 0 Å². The van der Waals surface area contributed by atoms with Crippen LogP contribution in [0.25, 0.3) is 11.2 Å². The predicted molar refractivity (Wildman–Crippen MR) is 173 cm³/mol. The molecular weight excluding hydrogens is 602 g/mol. The molecule has 2 aliphatic rings. The zero-order chi connectivity index (χ0) is 32.4. The van der Waals surface area contributed by atoms with Crippen molar-refractivity contribution in [3.8, 4) is 5.75 Å². The Morgan fingerprint density at radius 3 is 2.30 bits per heavy atom. The Labute approximate surface area is 270 Å². The van der Waals surface area contributed by atoms with Gasteiger partial charge in [0.1, 0.15) is 29.6 Å². The SMILES string of the molecule is COc1ccc(C(Nc2nc3c(ncn3[C@@H]3O[C@H](CO)[C@@H](O)[C@H]3OC3CCCCO3)c(=O)[nH]2)(c2ccccc2)c2ccccc2)cc1. The first kappa shape index (κ1) is 31.0. The number of methoxy groups -OCH3 is 1. The molecule has 244 valence electrons. The van der Waals surface area contributed by atoms with Crippen molar-refractivity contribution in [2.24, 2.45) is 0 Å². The zero-order valence-electron chi connectivity index (χ0n) is 25.9. The van der Waals surface area contributed by atoms with Gasteiger partial charge in [0.05, 0.1) is 20.0 Å². The van der Waals surface area contributed by atoms with Crippen molar-refractivity contribution in [1.29, 1.82) is 0 Å². The molecule has 0 amide bonds. The second-order valence-electron chi connectivity index (χ2n) is 11.7. The van der Waals surface area contributed by atoms with Crippen LogP contribution in [0.2, 0.25) is 0 Å². The molecule has 0 spiro atoms. The lowest BCUT2D eigenvalue weighted by Crippen LogP contribution is -2.40. The summed E-state index contributed by atoms with van der Waals surface area (Å²) < 4.78 is 25.1. The lowest BCUT2D eigenvalue weighted by atomic mass is 9.77. The first-order valence-corrected chi connectivity index (χ1v) is 15.7. The molecule has 3 aromatic carbocycles. The smallest absolute Gasteiger partial charge is 0.280 e. The first-order chi connectivity index (χ1) is 23.0. The lowest BCUT2D eigenvalue weighted by Gasteiger charge is -2.37. The van der Waals surface area contributed by atoms with Gasteiger partial charge in [-0.25, -0.2) is 4.98 Å². The Balaban J connectivity index is 1.35. The lowest BCUT2D eigenvalue weighted by molar-refractivity contribution is -0.215. The third-order valence-corrected chi connectivity index (χ3v) is 8.89. The van der Waals surface area contributed by atoms with Gasteiger partial charge in [0.15, 0.2) is 23.7 Å². The van der Waals surface area contributed by atoms with E-state index < -0.39 is 48.5 Å². The summed E-state index contributed by atoms with van der Waals surface area (Å²) >= 11 is 0. The monoisotopic (exact) mass is 639 g/mol. The molecule has 0 bridgehead atoms. The van der Waals surface area contributed by atoms with Crippen LogP contribution < -0.4 is 15.6 Å². The number of anilines is 1. The highest BCUT2D eigenvalue weighted by molar-refractivity contribution is 5.71. The van der Waals surface area contributed by atoms with E-state index in [4.69, 9.17) is 23.9 Å². The van der Waals surface area contributed by atoms with Crippen LogP contribution in [0, 0.1) is 0 Å². The summed E-state index contributed by atoms with van der Waals surface area (Å²) in [5.41, 5.74) is 1.52. The maximum Gasteiger partial charge on any atom is 0.280 e. The van der Waals surface area contributed by atoms with Crippen molar-refractivity contribution in [2.45, 2.75) is 55.6 Å². The Hall–Kier alpha value is -4.59. The maximum atomic E-state index is 13.6. The van der Waals surface area contributed by atoms with E-state index >= 15 is 0 Å². The molecule has 0 saturated carbocycles. The Bertz CT molecular complexity index is 1800. The summed E-state index contributed by atoms with van der Waals surface area (Å²) in [6, 6.07) is 27.5. The second kappa shape index (κ2) is 13.3. The summed E-state index contributed by atoms with van der Waals surface area (Å²) in [5.74, 6) is 0.883. The minimum Gasteiger partial charge on any atom is -0.497 e. The molecule has 2 saturated heterocycles. The van der Waals surface area contributed by atoms with E-state index in [0.29, 0.717) is 18.8 Å². The molecule has 12 nitrogen and oxygen atoms in total. The molecular formula is C35H37N5O7. The third-order valence-electron chi connectivity index (χ3n) is 8.89. The van der Waals surface area contributed by atoms with Gasteiger partial charge in [0.2, 0.25) is 5.95 Å². The van der Waals surface area contributed by atoms with E-state index in [1.54, 1.807) is 11.7 Å². The number of fused-ring (bicyclic) bond motifs is 1. The van der Waals surface area contributed by atoms with E-state index in [2.05, 4.69) is 15.3 Å². The third kappa shape index (κ3) is 5.79. The van der Waals surface area contributed by atoms with E-state index in [0.717, 1.165) is 29.5 Å². The number of ether oxygens (including phenoxy) is 4. The Morgan fingerprint density at radius 2 is 1.68 bits per heavy atom. The highest BCUT2D eigenvalue weighted by Gasteiger charge is 2.47. The van der Waals surface area contributed by atoms with Crippen LogP contribution in [0.1, 0.15) is 42.2 Å². The number of aromatic amines is 1. The number of rotatable bonds is 10. The van der Waals surface area contributed by atoms with Gasteiger partial charge in [0, 0.05) is 6.61 Å². The first-order valence-electron chi connectivity index (χ1n) is 15.7. The van der Waals surface area contributed by atoms with Gasteiger partial charge >= 0.3 is 0 Å². The van der Waals surface area contributed by atoms with Crippen molar-refractivity contribution in [2.75, 3.05) is 25.6 Å². The summed E-state index contributed by atoms with van der Waals surface area (Å²) in [6.07, 6.45) is -0.453. The highest BCUT2D eigenvalue weighted by atomic mass is 16.7. The average molecular weight is 640 g/mol. The molecule has 2 fully saturated rings. The predicted octanol–water partition coefficient (Wildman–Crippen LogP) is 3.69. The van der Waals surface area contributed by atoms with Gasteiger partial charge in [0.25, 0.3) is 5.56 Å². The number of H-pyrrole nitrogens is 1. The van der Waals surface area contributed by atoms with Crippen molar-refractivity contribution in [3.05, 3.63) is 118 Å². The maximum absolute atomic E-state index is 13.6. The summed E-state index contributed by atoms with van der Waals surface area (Å²) in [6.45, 7) is 0.135. The average Bonchev–Trinajstić information content (AvgIpc) is 3.69. The minimum absolute atomic E-state index is 0.0863. The minimum atomic E-state index is -1.15. The number of hydrogen-bond acceptors (Lipinski definition) is 10. The standard InChI is InChI=1S/C35H37N5O7/c1-44-25-17-15-24(16-18-25)35(22-10-4-2-5-11-22,23-12-6-3-7-13-23)39-34-37-31-28(32(43)38-34)36-21-40(31)33-30(29(42)26(20-41)46-33)47-27-14-8-9-19-45-27/h2-7,10-13,15-18,21,26-27,29-30,33,41-42H,8-9,14,19-20H2,1H3,(H2,37,38,39,43)/t26-,27?,29-,30-,33-/m1/s1. The van der Waals surface area contributed by atoms with Gasteiger partial charge in [-0.3, -0.25) is 14.3 Å². The van der Waals surface area contributed by atoms with E-state index in [-0.39, 0.29) is 17.1 Å². The molecule has 0 aliphatic carbocycles. The van der Waals surface area contributed by atoms with Crippen LogP contribution >= 0.6 is 0 Å². The summed E-state index contributed by atoms with van der Waals surface area (Å²) in [4.78, 5) is 25.7. The highest BCUT2D eigenvalue weighted by Crippen LogP contribution is 2.40. The van der Waals surface area contributed by atoms with Crippen LogP contribution in [0.5, 0.6) is 5.75 Å². The topological polar surface area (TPSA) is 153 Å². The number of imidazole rings is 1. The number of hydrogen-bond donors (Lipinski definition) is 4. The molecule has 5 aromatic rings. The van der Waals surface area contributed by atoms with Crippen molar-refractivity contribution in [3.63, 3.8) is 0 Å². The molecule has 47 heavy (non-hydrogen) atoms. The van der Waals surface area contributed by atoms with Gasteiger partial charge in [-0.05, 0) is 48.1 Å². The fourth-order valence-corrected chi connectivity index (χ4v) is 6.52. The van der Waals surface area contributed by atoms with Crippen LogP contribution in [0.3, 0.4) is 0 Å². The quantitative estimate of drug-likeness (QED) is 0.167. The molecule has 5 atom stereocenters. The number of nitrogens with zero attached hydrogens (tertiary/aromatic N) is 3. The number of nitrogens with one attached hydrogen (secondary N) is 2. The van der Waals surface area contributed by atoms with Crippen molar-refractivity contribution < 1.29 is 29.2 Å². The number of benzene rings is 3. The van der Waals surface area contributed by atoms with E-state index in [9.17, 15) is 15.0 Å². The Kier molecular flexibility index (Phi) is 8.76. The second-order valence-corrected chi connectivity index (χ2v) is 11.7. The van der Waals surface area contributed by atoms with Gasteiger partial charge in [-0.2, -0.15) is 4.98 Å². The van der Waals surface area contributed by atoms with E-state index in [1.807, 2.05) is 84.9 Å². The summed E-state index contributed by atoms with van der Waals surface area (Å²) in [7, 11) is 1.62. The largest absolute Gasteiger partial charge is 0.497 e. The van der Waals surface area contributed by atoms with Crippen LogP contribution in [0.15, 0.2) is 96.1 Å².